The average molecular weight is 430 g/mol. The Bertz CT molecular complexity index is 1310. The number of hydrogen-bond acceptors (Lipinski definition) is 8. The Morgan fingerprint density at radius 3 is 2.65 bits per heavy atom. The number of pyridine rings is 1. The standard InChI is InChI=1S/C22H18N6O2S/c1-14-5-6-17(12-15(14)2)28-21(16-7-9-23-10-8-16)25-26-22(28)31-13-19-24-20(27-30-19)18-4-3-11-29-18/h3-12H,13H2,1-2H3. The van der Waals surface area contributed by atoms with Crippen LogP contribution in [0.2, 0.25) is 0 Å². The first-order chi connectivity index (χ1) is 15.2. The van der Waals surface area contributed by atoms with E-state index in [9.17, 15) is 0 Å². The van der Waals surface area contributed by atoms with Gasteiger partial charge in [-0.2, -0.15) is 4.98 Å². The molecule has 4 aromatic heterocycles. The summed E-state index contributed by atoms with van der Waals surface area (Å²) in [5.74, 6) is 2.67. The molecule has 5 aromatic rings. The molecule has 0 saturated carbocycles. The van der Waals surface area contributed by atoms with Crippen LogP contribution in [0, 0.1) is 13.8 Å². The molecule has 0 aliphatic heterocycles. The van der Waals surface area contributed by atoms with Gasteiger partial charge in [0.05, 0.1) is 17.7 Å². The molecule has 1 aromatic carbocycles. The number of thioether (sulfide) groups is 1. The average Bonchev–Trinajstić information content (AvgIpc) is 3.55. The van der Waals surface area contributed by atoms with Crippen LogP contribution in [-0.4, -0.2) is 29.9 Å². The summed E-state index contributed by atoms with van der Waals surface area (Å²) in [6.45, 7) is 4.19. The molecule has 0 N–H and O–H groups in total. The molecule has 0 radical (unpaired) electrons. The van der Waals surface area contributed by atoms with E-state index in [1.807, 2.05) is 16.7 Å². The minimum absolute atomic E-state index is 0.425. The first-order valence-corrected chi connectivity index (χ1v) is 10.6. The van der Waals surface area contributed by atoms with Crippen LogP contribution in [0.25, 0.3) is 28.7 Å². The predicted octanol–water partition coefficient (Wildman–Crippen LogP) is 4.88. The molecule has 0 atom stereocenters. The van der Waals surface area contributed by atoms with Gasteiger partial charge in [0.1, 0.15) is 0 Å². The van der Waals surface area contributed by atoms with E-state index in [-0.39, 0.29) is 0 Å². The Balaban J connectivity index is 1.48. The van der Waals surface area contributed by atoms with Crippen molar-refractivity contribution in [3.8, 4) is 28.7 Å². The van der Waals surface area contributed by atoms with E-state index >= 15 is 0 Å². The zero-order chi connectivity index (χ0) is 21.2. The van der Waals surface area contributed by atoms with Gasteiger partial charge in [-0.05, 0) is 61.4 Å². The van der Waals surface area contributed by atoms with Gasteiger partial charge >= 0.3 is 0 Å². The van der Waals surface area contributed by atoms with Gasteiger partial charge in [0.2, 0.25) is 11.7 Å². The van der Waals surface area contributed by atoms with Crippen molar-refractivity contribution in [1.29, 1.82) is 0 Å². The summed E-state index contributed by atoms with van der Waals surface area (Å²) in [4.78, 5) is 8.51. The molecule has 0 aliphatic carbocycles. The second kappa shape index (κ2) is 8.19. The molecular weight excluding hydrogens is 412 g/mol. The number of nitrogens with zero attached hydrogens (tertiary/aromatic N) is 6. The van der Waals surface area contributed by atoms with Gasteiger partial charge in [-0.3, -0.25) is 9.55 Å². The lowest BCUT2D eigenvalue weighted by Gasteiger charge is -2.11. The minimum Gasteiger partial charge on any atom is -0.461 e. The maximum absolute atomic E-state index is 5.37. The summed E-state index contributed by atoms with van der Waals surface area (Å²) in [6, 6.07) is 13.7. The molecular formula is C22H18N6O2S. The molecule has 0 unspecified atom stereocenters. The molecule has 9 heteroatoms. The number of aryl methyl sites for hydroxylation is 2. The Kier molecular flexibility index (Phi) is 5.09. The van der Waals surface area contributed by atoms with E-state index in [4.69, 9.17) is 8.94 Å². The summed E-state index contributed by atoms with van der Waals surface area (Å²) in [6.07, 6.45) is 5.07. The highest BCUT2D eigenvalue weighted by molar-refractivity contribution is 7.98. The molecule has 0 aliphatic rings. The van der Waals surface area contributed by atoms with E-state index in [0.29, 0.717) is 23.2 Å². The van der Waals surface area contributed by atoms with Crippen molar-refractivity contribution in [3.63, 3.8) is 0 Å². The molecule has 0 bridgehead atoms. The van der Waals surface area contributed by atoms with Crippen molar-refractivity contribution in [2.24, 2.45) is 0 Å². The zero-order valence-electron chi connectivity index (χ0n) is 16.9. The van der Waals surface area contributed by atoms with Gasteiger partial charge in [-0.15, -0.1) is 10.2 Å². The van der Waals surface area contributed by atoms with E-state index in [2.05, 4.69) is 57.4 Å². The van der Waals surface area contributed by atoms with E-state index in [0.717, 1.165) is 22.2 Å². The van der Waals surface area contributed by atoms with Crippen LogP contribution in [0.5, 0.6) is 0 Å². The lowest BCUT2D eigenvalue weighted by atomic mass is 10.1. The molecule has 0 saturated heterocycles. The molecule has 0 fully saturated rings. The van der Waals surface area contributed by atoms with Crippen molar-refractivity contribution in [1.82, 2.24) is 29.9 Å². The molecule has 31 heavy (non-hydrogen) atoms. The van der Waals surface area contributed by atoms with Gasteiger partial charge < -0.3 is 8.94 Å². The Hall–Kier alpha value is -3.72. The molecule has 0 amide bonds. The van der Waals surface area contributed by atoms with Crippen molar-refractivity contribution < 1.29 is 8.94 Å². The predicted molar refractivity (Wildman–Crippen MR) is 116 cm³/mol. The van der Waals surface area contributed by atoms with E-state index in [1.165, 1.54) is 22.9 Å². The van der Waals surface area contributed by atoms with Gasteiger partial charge in [-0.25, -0.2) is 0 Å². The fourth-order valence-electron chi connectivity index (χ4n) is 3.09. The summed E-state index contributed by atoms with van der Waals surface area (Å²) >= 11 is 1.48. The summed E-state index contributed by atoms with van der Waals surface area (Å²) in [5.41, 5.74) is 4.35. The van der Waals surface area contributed by atoms with Crippen LogP contribution < -0.4 is 0 Å². The molecule has 5 rings (SSSR count). The number of hydrogen-bond donors (Lipinski definition) is 0. The van der Waals surface area contributed by atoms with Crippen LogP contribution in [0.1, 0.15) is 17.0 Å². The fraction of sp³-hybridized carbons (Fsp3) is 0.136. The maximum Gasteiger partial charge on any atom is 0.238 e. The number of rotatable bonds is 6. The van der Waals surface area contributed by atoms with Crippen molar-refractivity contribution in [2.45, 2.75) is 24.8 Å². The molecule has 154 valence electrons. The smallest absolute Gasteiger partial charge is 0.238 e. The van der Waals surface area contributed by atoms with Crippen LogP contribution in [0.4, 0.5) is 0 Å². The summed E-state index contributed by atoms with van der Waals surface area (Å²) in [7, 11) is 0. The van der Waals surface area contributed by atoms with Crippen molar-refractivity contribution >= 4 is 11.8 Å². The number of furan rings is 1. The van der Waals surface area contributed by atoms with Crippen molar-refractivity contribution in [3.05, 3.63) is 78.1 Å². The zero-order valence-corrected chi connectivity index (χ0v) is 17.7. The molecule has 8 nitrogen and oxygen atoms in total. The topological polar surface area (TPSA) is 95.7 Å². The van der Waals surface area contributed by atoms with Crippen LogP contribution in [0.3, 0.4) is 0 Å². The van der Waals surface area contributed by atoms with Gasteiger partial charge in [0, 0.05) is 18.0 Å². The van der Waals surface area contributed by atoms with Crippen LogP contribution >= 0.6 is 11.8 Å². The third kappa shape index (κ3) is 3.87. The highest BCUT2D eigenvalue weighted by Gasteiger charge is 2.18. The van der Waals surface area contributed by atoms with Gasteiger partial charge in [0.15, 0.2) is 16.7 Å². The normalized spacial score (nSPS) is 11.2. The second-order valence-electron chi connectivity index (χ2n) is 6.92. The molecule has 0 spiro atoms. The van der Waals surface area contributed by atoms with Crippen LogP contribution in [-0.2, 0) is 5.75 Å². The largest absolute Gasteiger partial charge is 0.461 e. The highest BCUT2D eigenvalue weighted by Crippen LogP contribution is 2.30. The second-order valence-corrected chi connectivity index (χ2v) is 7.87. The summed E-state index contributed by atoms with van der Waals surface area (Å²) in [5, 5.41) is 13.6. The van der Waals surface area contributed by atoms with Gasteiger partial charge in [-0.1, -0.05) is 23.0 Å². The monoisotopic (exact) mass is 430 g/mol. The first-order valence-electron chi connectivity index (χ1n) is 9.62. The van der Waals surface area contributed by atoms with E-state index in [1.54, 1.807) is 30.8 Å². The highest BCUT2D eigenvalue weighted by atomic mass is 32.2. The number of benzene rings is 1. The first kappa shape index (κ1) is 19.3. The van der Waals surface area contributed by atoms with E-state index < -0.39 is 0 Å². The fourth-order valence-corrected chi connectivity index (χ4v) is 3.88. The quantitative estimate of drug-likeness (QED) is 0.352. The summed E-state index contributed by atoms with van der Waals surface area (Å²) < 4.78 is 12.7. The Morgan fingerprint density at radius 1 is 1.00 bits per heavy atom. The van der Waals surface area contributed by atoms with Crippen molar-refractivity contribution in [2.75, 3.05) is 0 Å². The molecule has 4 heterocycles. The third-order valence-electron chi connectivity index (χ3n) is 4.85. The minimum atomic E-state index is 0.425. The lowest BCUT2D eigenvalue weighted by molar-refractivity contribution is 0.390. The Labute approximate surface area is 182 Å². The third-order valence-corrected chi connectivity index (χ3v) is 5.77. The van der Waals surface area contributed by atoms with Gasteiger partial charge in [0.25, 0.3) is 0 Å². The SMILES string of the molecule is Cc1ccc(-n2c(SCc3nc(-c4ccco4)no3)nnc2-c2ccncc2)cc1C. The maximum atomic E-state index is 5.37. The number of aromatic nitrogens is 6. The van der Waals surface area contributed by atoms with Crippen LogP contribution in [0.15, 0.2) is 75.2 Å². The Morgan fingerprint density at radius 2 is 1.87 bits per heavy atom. The lowest BCUT2D eigenvalue weighted by Crippen LogP contribution is -2.01.